The van der Waals surface area contributed by atoms with E-state index < -0.39 is 11.9 Å². The molecule has 0 saturated heterocycles. The lowest BCUT2D eigenvalue weighted by molar-refractivity contribution is -0.131. The Hall–Kier alpha value is -2.13. The Morgan fingerprint density at radius 3 is 2.75 bits per heavy atom. The second-order valence-corrected chi connectivity index (χ2v) is 7.87. The van der Waals surface area contributed by atoms with Crippen LogP contribution in [0.3, 0.4) is 0 Å². The molecule has 2 N–H and O–H groups in total. The molecule has 0 bridgehead atoms. The summed E-state index contributed by atoms with van der Waals surface area (Å²) in [5.74, 6) is -1.14. The number of hydrogen-bond acceptors (Lipinski definition) is 4. The van der Waals surface area contributed by atoms with Crippen LogP contribution in [0, 0.1) is 22.7 Å². The van der Waals surface area contributed by atoms with E-state index in [0.29, 0.717) is 16.5 Å². The molecule has 128 valence electrons. The van der Waals surface area contributed by atoms with E-state index in [1.807, 2.05) is 0 Å². The Bertz CT molecular complexity index is 725. The molecule has 6 heteroatoms. The van der Waals surface area contributed by atoms with Crippen molar-refractivity contribution >= 4 is 28.2 Å². The Balaban J connectivity index is 2.24. The Morgan fingerprint density at radius 1 is 1.46 bits per heavy atom. The van der Waals surface area contributed by atoms with Crippen molar-refractivity contribution in [3.63, 3.8) is 0 Å². The summed E-state index contributed by atoms with van der Waals surface area (Å²) >= 11 is 1.44. The van der Waals surface area contributed by atoms with Crippen molar-refractivity contribution in [2.75, 3.05) is 5.32 Å². The summed E-state index contributed by atoms with van der Waals surface area (Å²) in [6.45, 7) is 6.76. The molecule has 0 radical (unpaired) electrons. The van der Waals surface area contributed by atoms with Gasteiger partial charge in [-0.3, -0.25) is 4.79 Å². The zero-order valence-corrected chi connectivity index (χ0v) is 15.0. The first kappa shape index (κ1) is 18.2. The van der Waals surface area contributed by atoms with Crippen LogP contribution in [-0.4, -0.2) is 17.0 Å². The molecule has 1 aliphatic carbocycles. The van der Waals surface area contributed by atoms with Gasteiger partial charge in [0.25, 0.3) is 0 Å². The fourth-order valence-corrected chi connectivity index (χ4v) is 4.33. The minimum Gasteiger partial charge on any atom is -0.478 e. The number of carbonyl (C=O) groups is 2. The van der Waals surface area contributed by atoms with Gasteiger partial charge in [-0.1, -0.05) is 27.2 Å². The molecule has 0 aromatic carbocycles. The van der Waals surface area contributed by atoms with Crippen molar-refractivity contribution in [2.45, 2.75) is 46.5 Å². The molecule has 1 aliphatic rings. The minimum absolute atomic E-state index is 0.252. The van der Waals surface area contributed by atoms with Crippen molar-refractivity contribution in [3.05, 3.63) is 28.2 Å². The lowest BCUT2D eigenvalue weighted by atomic mass is 9.69. The van der Waals surface area contributed by atoms with Crippen LogP contribution in [0.25, 0.3) is 0 Å². The maximum Gasteiger partial charge on any atom is 0.328 e. The van der Waals surface area contributed by atoms with Gasteiger partial charge in [-0.05, 0) is 36.2 Å². The maximum atomic E-state index is 11.8. The predicted molar refractivity (Wildman–Crippen MR) is 94.0 cm³/mol. The number of carbonyl (C=O) groups excluding carboxylic acids is 1. The van der Waals surface area contributed by atoms with Crippen LogP contribution in [-0.2, 0) is 22.4 Å². The summed E-state index contributed by atoms with van der Waals surface area (Å²) in [6.07, 6.45) is 5.68. The number of amides is 1. The number of hydrogen-bond donors (Lipinski definition) is 2. The molecule has 2 rings (SSSR count). The van der Waals surface area contributed by atoms with Crippen LogP contribution in [0.5, 0.6) is 0 Å². The summed E-state index contributed by atoms with van der Waals surface area (Å²) in [7, 11) is 0. The van der Waals surface area contributed by atoms with Crippen molar-refractivity contribution in [3.8, 4) is 6.07 Å². The molecule has 24 heavy (non-hydrogen) atoms. The second-order valence-electron chi connectivity index (χ2n) is 6.76. The maximum absolute atomic E-state index is 11.8. The summed E-state index contributed by atoms with van der Waals surface area (Å²) < 4.78 is 0. The SMILES string of the molecule is CCC(C)(C)C1CCc2c(sc(NC(=O)/C=C/C(=O)O)c2C#N)C1. The Kier molecular flexibility index (Phi) is 5.45. The summed E-state index contributed by atoms with van der Waals surface area (Å²) in [5, 5.41) is 21.2. The standard InChI is InChI=1S/C18H22N2O3S/c1-4-18(2,3)11-5-6-12-13(10-19)17(24-14(12)9-11)20-15(21)7-8-16(22)23/h7-8,11H,4-6,9H2,1-3H3,(H,20,21)(H,22,23)/b8-7+. The van der Waals surface area contributed by atoms with Crippen LogP contribution in [0.15, 0.2) is 12.2 Å². The van der Waals surface area contributed by atoms with Gasteiger partial charge < -0.3 is 10.4 Å². The number of carboxylic acid groups (broad SMARTS) is 1. The number of anilines is 1. The molecule has 0 spiro atoms. The third-order valence-corrected chi connectivity index (χ3v) is 6.18. The molecule has 1 atom stereocenters. The van der Waals surface area contributed by atoms with Gasteiger partial charge in [0.1, 0.15) is 11.1 Å². The number of aliphatic carboxylic acids is 1. The third-order valence-electron chi connectivity index (χ3n) is 5.01. The average Bonchev–Trinajstić information content (AvgIpc) is 2.88. The van der Waals surface area contributed by atoms with Crippen LogP contribution < -0.4 is 5.32 Å². The minimum atomic E-state index is -1.18. The quantitative estimate of drug-likeness (QED) is 0.795. The third kappa shape index (κ3) is 3.85. The highest BCUT2D eigenvalue weighted by Gasteiger charge is 2.33. The Morgan fingerprint density at radius 2 is 2.17 bits per heavy atom. The smallest absolute Gasteiger partial charge is 0.328 e. The number of thiophene rings is 1. The van der Waals surface area contributed by atoms with E-state index in [9.17, 15) is 14.9 Å². The zero-order chi connectivity index (χ0) is 17.9. The van der Waals surface area contributed by atoms with Crippen molar-refractivity contribution in [1.29, 1.82) is 5.26 Å². The van der Waals surface area contributed by atoms with Crippen LogP contribution >= 0.6 is 11.3 Å². The molecular weight excluding hydrogens is 324 g/mol. The molecule has 1 aromatic heterocycles. The van der Waals surface area contributed by atoms with E-state index in [1.165, 1.54) is 16.2 Å². The summed E-state index contributed by atoms with van der Waals surface area (Å²) in [4.78, 5) is 23.5. The van der Waals surface area contributed by atoms with Gasteiger partial charge in [0.15, 0.2) is 0 Å². The normalized spacial score (nSPS) is 17.3. The zero-order valence-electron chi connectivity index (χ0n) is 14.2. The van der Waals surface area contributed by atoms with Crippen LogP contribution in [0.2, 0.25) is 0 Å². The fraction of sp³-hybridized carbons (Fsp3) is 0.500. The van der Waals surface area contributed by atoms with Crippen molar-refractivity contribution in [1.82, 2.24) is 0 Å². The lowest BCUT2D eigenvalue weighted by Gasteiger charge is -2.36. The second kappa shape index (κ2) is 7.18. The number of nitrogens with zero attached hydrogens (tertiary/aromatic N) is 1. The topological polar surface area (TPSA) is 90.2 Å². The first-order valence-corrected chi connectivity index (χ1v) is 8.86. The van der Waals surface area contributed by atoms with Gasteiger partial charge in [-0.2, -0.15) is 5.26 Å². The highest BCUT2D eigenvalue weighted by molar-refractivity contribution is 7.16. The monoisotopic (exact) mass is 346 g/mol. The first-order valence-electron chi connectivity index (χ1n) is 8.05. The highest BCUT2D eigenvalue weighted by Crippen LogP contribution is 2.45. The molecule has 1 heterocycles. The van der Waals surface area contributed by atoms with E-state index >= 15 is 0 Å². The molecule has 0 aliphatic heterocycles. The number of nitrogens with one attached hydrogen (secondary N) is 1. The number of nitriles is 1. The molecular formula is C18H22N2O3S. The van der Waals surface area contributed by atoms with E-state index in [-0.39, 0.29) is 5.41 Å². The van der Waals surface area contributed by atoms with Crippen molar-refractivity contribution < 1.29 is 14.7 Å². The van der Waals surface area contributed by atoms with Gasteiger partial charge in [0, 0.05) is 17.0 Å². The van der Waals surface area contributed by atoms with Gasteiger partial charge in [-0.15, -0.1) is 11.3 Å². The Labute approximate surface area is 146 Å². The van der Waals surface area contributed by atoms with E-state index in [1.54, 1.807) is 0 Å². The molecule has 5 nitrogen and oxygen atoms in total. The van der Waals surface area contributed by atoms with Gasteiger partial charge in [-0.25, -0.2) is 4.79 Å². The lowest BCUT2D eigenvalue weighted by Crippen LogP contribution is -2.28. The first-order chi connectivity index (χ1) is 11.3. The highest BCUT2D eigenvalue weighted by atomic mass is 32.1. The molecule has 1 unspecified atom stereocenters. The summed E-state index contributed by atoms with van der Waals surface area (Å²) in [6, 6.07) is 2.20. The molecule has 0 fully saturated rings. The predicted octanol–water partition coefficient (Wildman–Crippen LogP) is 3.74. The van der Waals surface area contributed by atoms with Gasteiger partial charge >= 0.3 is 5.97 Å². The molecule has 1 aromatic rings. The van der Waals surface area contributed by atoms with E-state index in [2.05, 4.69) is 32.2 Å². The average molecular weight is 346 g/mol. The van der Waals surface area contributed by atoms with E-state index in [0.717, 1.165) is 43.4 Å². The molecule has 0 saturated carbocycles. The fourth-order valence-electron chi connectivity index (χ4n) is 3.05. The van der Waals surface area contributed by atoms with Crippen LogP contribution in [0.1, 0.15) is 49.6 Å². The van der Waals surface area contributed by atoms with Crippen LogP contribution in [0.4, 0.5) is 5.00 Å². The van der Waals surface area contributed by atoms with E-state index in [4.69, 9.17) is 5.11 Å². The molecule has 1 amide bonds. The van der Waals surface area contributed by atoms with Crippen molar-refractivity contribution in [2.24, 2.45) is 11.3 Å². The number of fused-ring (bicyclic) bond motifs is 1. The number of carboxylic acids is 1. The summed E-state index contributed by atoms with van der Waals surface area (Å²) in [5.41, 5.74) is 1.82. The largest absolute Gasteiger partial charge is 0.478 e. The van der Waals surface area contributed by atoms with Gasteiger partial charge in [0.2, 0.25) is 5.91 Å². The number of rotatable bonds is 5. The van der Waals surface area contributed by atoms with Gasteiger partial charge in [0.05, 0.1) is 5.56 Å².